The Morgan fingerprint density at radius 1 is 1.14 bits per heavy atom. The molecule has 4 rings (SSSR count). The van der Waals surface area contributed by atoms with Crippen molar-refractivity contribution in [1.82, 2.24) is 14.8 Å². The lowest BCUT2D eigenvalue weighted by Crippen LogP contribution is -2.49. The first-order valence-electron chi connectivity index (χ1n) is 12.1. The minimum absolute atomic E-state index is 0.0161. The van der Waals surface area contributed by atoms with Crippen LogP contribution in [-0.4, -0.2) is 85.5 Å². The number of carbonyl (C=O) groups excluding carboxylic acids is 3. The van der Waals surface area contributed by atoms with Crippen LogP contribution in [0.3, 0.4) is 0 Å². The highest BCUT2D eigenvalue weighted by Crippen LogP contribution is 2.22. The highest BCUT2D eigenvalue weighted by molar-refractivity contribution is 7.13. The predicted molar refractivity (Wildman–Crippen MR) is 141 cm³/mol. The Hall–Kier alpha value is -3.70. The Morgan fingerprint density at radius 3 is 2.62 bits per heavy atom. The molecular formula is C26H31N5O5S. The minimum Gasteiger partial charge on any atom is -0.459 e. The van der Waals surface area contributed by atoms with Crippen LogP contribution in [-0.2, 0) is 20.7 Å². The molecule has 3 heterocycles. The molecule has 0 radical (unpaired) electrons. The van der Waals surface area contributed by atoms with E-state index in [1.54, 1.807) is 17.5 Å². The Bertz CT molecular complexity index is 1200. The highest BCUT2D eigenvalue weighted by atomic mass is 32.1. The summed E-state index contributed by atoms with van der Waals surface area (Å²) < 4.78 is 10.2. The molecule has 0 atom stereocenters. The summed E-state index contributed by atoms with van der Waals surface area (Å²) in [6, 6.07) is 11.4. The number of furan rings is 1. The Balaban J connectivity index is 1.27. The largest absolute Gasteiger partial charge is 0.459 e. The van der Waals surface area contributed by atoms with Crippen molar-refractivity contribution in [3.05, 3.63) is 65.1 Å². The van der Waals surface area contributed by atoms with Gasteiger partial charge in [0.2, 0.25) is 11.8 Å². The number of nitrogens with zero attached hydrogens (tertiary/aromatic N) is 4. The average Bonchev–Trinajstić information content (AvgIpc) is 3.59. The zero-order valence-corrected chi connectivity index (χ0v) is 21.8. The monoisotopic (exact) mass is 525 g/mol. The van der Waals surface area contributed by atoms with Crippen LogP contribution in [0, 0.1) is 6.92 Å². The third-order valence-electron chi connectivity index (χ3n) is 6.14. The van der Waals surface area contributed by atoms with Crippen LogP contribution in [0.2, 0.25) is 0 Å². The van der Waals surface area contributed by atoms with Crippen molar-refractivity contribution in [2.24, 2.45) is 0 Å². The molecule has 11 heteroatoms. The van der Waals surface area contributed by atoms with E-state index >= 15 is 0 Å². The molecule has 10 nitrogen and oxygen atoms in total. The van der Waals surface area contributed by atoms with Crippen LogP contribution >= 0.6 is 11.3 Å². The number of benzene rings is 1. The summed E-state index contributed by atoms with van der Waals surface area (Å²) >= 11 is 1.25. The molecule has 0 saturated carbocycles. The molecule has 1 aromatic carbocycles. The van der Waals surface area contributed by atoms with E-state index in [0.717, 1.165) is 13.1 Å². The Kier molecular flexibility index (Phi) is 8.91. The third-order valence-corrected chi connectivity index (χ3v) is 6.94. The second-order valence-electron chi connectivity index (χ2n) is 8.72. The van der Waals surface area contributed by atoms with Crippen LogP contribution in [0.1, 0.15) is 21.8 Å². The van der Waals surface area contributed by atoms with Crippen molar-refractivity contribution >= 4 is 39.9 Å². The van der Waals surface area contributed by atoms with Crippen molar-refractivity contribution in [2.75, 3.05) is 63.2 Å². The SMILES string of the molecule is COCCN(CC(=O)Nc1nc(CC(=O)N2CCN(c3ccccc3C)CC2)cs1)C(=O)c1ccco1. The van der Waals surface area contributed by atoms with Crippen molar-refractivity contribution in [3.8, 4) is 0 Å². The number of anilines is 2. The van der Waals surface area contributed by atoms with E-state index < -0.39 is 11.8 Å². The first kappa shape index (κ1) is 26.4. The first-order valence-corrected chi connectivity index (χ1v) is 13.0. The number of hydrogen-bond donors (Lipinski definition) is 1. The zero-order chi connectivity index (χ0) is 26.2. The number of methoxy groups -OCH3 is 1. The van der Waals surface area contributed by atoms with Gasteiger partial charge >= 0.3 is 0 Å². The smallest absolute Gasteiger partial charge is 0.290 e. The first-order chi connectivity index (χ1) is 17.9. The maximum atomic E-state index is 12.9. The summed E-state index contributed by atoms with van der Waals surface area (Å²) in [6.07, 6.45) is 1.58. The molecule has 0 spiro atoms. The van der Waals surface area contributed by atoms with Crippen LogP contribution < -0.4 is 10.2 Å². The summed E-state index contributed by atoms with van der Waals surface area (Å²) in [7, 11) is 1.53. The molecule has 2 aromatic heterocycles. The van der Waals surface area contributed by atoms with Crippen molar-refractivity contribution in [2.45, 2.75) is 13.3 Å². The quantitative estimate of drug-likeness (QED) is 0.434. The molecule has 37 heavy (non-hydrogen) atoms. The number of carbonyl (C=O) groups is 3. The fourth-order valence-electron chi connectivity index (χ4n) is 4.17. The molecule has 0 aliphatic carbocycles. The lowest BCUT2D eigenvalue weighted by molar-refractivity contribution is -0.130. The molecule has 1 N–H and O–H groups in total. The lowest BCUT2D eigenvalue weighted by Gasteiger charge is -2.36. The number of rotatable bonds is 10. The molecule has 0 unspecified atom stereocenters. The second-order valence-corrected chi connectivity index (χ2v) is 9.58. The summed E-state index contributed by atoms with van der Waals surface area (Å²) in [5.41, 5.74) is 3.04. The van der Waals surface area contributed by atoms with Crippen LogP contribution in [0.4, 0.5) is 10.8 Å². The van der Waals surface area contributed by atoms with E-state index in [1.807, 2.05) is 17.0 Å². The number of aromatic nitrogens is 1. The topological polar surface area (TPSA) is 108 Å². The fourth-order valence-corrected chi connectivity index (χ4v) is 4.90. The van der Waals surface area contributed by atoms with Gasteiger partial charge in [0, 0.05) is 50.9 Å². The molecule has 1 saturated heterocycles. The van der Waals surface area contributed by atoms with E-state index in [-0.39, 0.29) is 37.8 Å². The molecule has 0 bridgehead atoms. The molecule has 1 aliphatic rings. The van der Waals surface area contributed by atoms with E-state index in [2.05, 4.69) is 34.3 Å². The number of amides is 3. The van der Waals surface area contributed by atoms with Gasteiger partial charge in [0.15, 0.2) is 10.9 Å². The van der Waals surface area contributed by atoms with Crippen molar-refractivity contribution < 1.29 is 23.5 Å². The van der Waals surface area contributed by atoms with Crippen LogP contribution in [0.25, 0.3) is 0 Å². The van der Waals surface area contributed by atoms with E-state index in [1.165, 1.54) is 40.9 Å². The number of ether oxygens (including phenoxy) is 1. The number of hydrogen-bond acceptors (Lipinski definition) is 8. The van der Waals surface area contributed by atoms with E-state index in [0.29, 0.717) is 23.9 Å². The number of thiazole rings is 1. The molecule has 1 fully saturated rings. The maximum Gasteiger partial charge on any atom is 0.290 e. The van der Waals surface area contributed by atoms with Gasteiger partial charge in [-0.25, -0.2) is 4.98 Å². The molecule has 3 aromatic rings. The Morgan fingerprint density at radius 2 is 1.92 bits per heavy atom. The summed E-state index contributed by atoms with van der Waals surface area (Å²) in [4.78, 5) is 48.0. The normalized spacial score (nSPS) is 13.5. The summed E-state index contributed by atoms with van der Waals surface area (Å²) in [6.45, 7) is 5.31. The van der Waals surface area contributed by atoms with Crippen molar-refractivity contribution in [1.29, 1.82) is 0 Å². The van der Waals surface area contributed by atoms with Gasteiger partial charge in [-0.2, -0.15) is 0 Å². The van der Waals surface area contributed by atoms with E-state index in [9.17, 15) is 14.4 Å². The number of para-hydroxylation sites is 1. The molecule has 1 aliphatic heterocycles. The molecule has 196 valence electrons. The van der Waals surface area contributed by atoms with Gasteiger partial charge in [-0.15, -0.1) is 11.3 Å². The van der Waals surface area contributed by atoms with Gasteiger partial charge in [0.05, 0.1) is 25.0 Å². The maximum absolute atomic E-state index is 12.9. The summed E-state index contributed by atoms with van der Waals surface area (Å²) in [5, 5.41) is 4.88. The number of nitrogens with one attached hydrogen (secondary N) is 1. The molecular weight excluding hydrogens is 494 g/mol. The number of piperazine rings is 1. The Labute approximate surface area is 219 Å². The second kappa shape index (κ2) is 12.5. The van der Waals surface area contributed by atoms with Gasteiger partial charge in [-0.1, -0.05) is 18.2 Å². The summed E-state index contributed by atoms with van der Waals surface area (Å²) in [5.74, 6) is -0.623. The van der Waals surface area contributed by atoms with Gasteiger partial charge in [0.1, 0.15) is 6.54 Å². The third kappa shape index (κ3) is 6.95. The van der Waals surface area contributed by atoms with Gasteiger partial charge < -0.3 is 29.2 Å². The minimum atomic E-state index is -0.398. The standard InChI is InChI=1S/C26H31N5O5S/c1-19-6-3-4-7-21(19)29-9-11-30(12-10-29)24(33)16-20-18-37-26(27-20)28-23(32)17-31(13-15-35-2)25(34)22-8-5-14-36-22/h3-8,14,18H,9-13,15-17H2,1-2H3,(H,27,28,32). The average molecular weight is 526 g/mol. The van der Waals surface area contributed by atoms with Crippen molar-refractivity contribution in [3.63, 3.8) is 0 Å². The van der Waals surface area contributed by atoms with E-state index in [4.69, 9.17) is 9.15 Å². The highest BCUT2D eigenvalue weighted by Gasteiger charge is 2.24. The molecule has 3 amide bonds. The number of aryl methyl sites for hydroxylation is 1. The lowest BCUT2D eigenvalue weighted by atomic mass is 10.1. The predicted octanol–water partition coefficient (Wildman–Crippen LogP) is 2.66. The zero-order valence-electron chi connectivity index (χ0n) is 21.0. The van der Waals surface area contributed by atoms with Crippen LogP contribution in [0.15, 0.2) is 52.5 Å². The fraction of sp³-hybridized carbons (Fsp3) is 0.385. The van der Waals surface area contributed by atoms with Gasteiger partial charge in [-0.3, -0.25) is 14.4 Å². The van der Waals surface area contributed by atoms with Crippen LogP contribution in [0.5, 0.6) is 0 Å². The van der Waals surface area contributed by atoms with Gasteiger partial charge in [-0.05, 0) is 30.7 Å². The van der Waals surface area contributed by atoms with Gasteiger partial charge in [0.25, 0.3) is 5.91 Å².